The number of benzene rings is 2. The third-order valence-electron chi connectivity index (χ3n) is 12.8. The van der Waals surface area contributed by atoms with Crippen LogP contribution in [0, 0.1) is 13.8 Å². The van der Waals surface area contributed by atoms with Gasteiger partial charge in [0.05, 0.1) is 36.1 Å². The number of unbranched alkanes of at least 4 members (excludes halogenated alkanes) is 1. The predicted molar refractivity (Wildman–Crippen MR) is 286 cm³/mol. The highest BCUT2D eigenvalue weighted by atomic mass is 16.5. The normalized spacial score (nSPS) is 12.7. The fourth-order valence-electron chi connectivity index (χ4n) is 8.93. The molecule has 1 aliphatic heterocycles. The largest absolute Gasteiger partial charge is 0.494 e. The second-order valence-electron chi connectivity index (χ2n) is 18.3. The molecule has 0 saturated heterocycles. The summed E-state index contributed by atoms with van der Waals surface area (Å²) in [4.78, 5) is 116. The van der Waals surface area contributed by atoms with Gasteiger partial charge in [-0.05, 0) is 96.3 Å². The fraction of sp³-hybridized carbons (Fsp3) is 0.385. The first-order valence-electron chi connectivity index (χ1n) is 25.4. The van der Waals surface area contributed by atoms with Gasteiger partial charge in [0, 0.05) is 76.0 Å². The number of carbonyl (C=O) groups excluding carboxylic acids is 8. The van der Waals surface area contributed by atoms with Gasteiger partial charge in [0.15, 0.2) is 0 Å². The molecule has 0 spiro atoms. The molecule has 2 aromatic carbocycles. The van der Waals surface area contributed by atoms with Crippen LogP contribution in [-0.4, -0.2) is 142 Å². The number of aromatic nitrogens is 8. The van der Waals surface area contributed by atoms with Crippen molar-refractivity contribution in [1.29, 1.82) is 0 Å². The summed E-state index contributed by atoms with van der Waals surface area (Å²) in [5, 5.41) is 17.4. The number of nitrogens with zero attached hydrogens (tertiary/aromatic N) is 10. The van der Waals surface area contributed by atoms with Crippen LogP contribution >= 0.6 is 0 Å². The smallest absolute Gasteiger partial charge is 0.276 e. The molecule has 5 heterocycles. The van der Waals surface area contributed by atoms with Crippen molar-refractivity contribution in [3.63, 3.8) is 0 Å². The number of primary amides is 2. The molecule has 26 heteroatoms. The van der Waals surface area contributed by atoms with Crippen LogP contribution in [0.4, 0.5) is 11.9 Å². The Labute approximate surface area is 447 Å². The number of hydrogen-bond acceptors (Lipinski definition) is 15. The molecular formula is C52H64N16O10. The van der Waals surface area contributed by atoms with Gasteiger partial charge in [0.25, 0.3) is 23.6 Å². The monoisotopic (exact) mass is 1070 g/mol. The van der Waals surface area contributed by atoms with Gasteiger partial charge in [-0.25, -0.2) is 9.97 Å². The van der Waals surface area contributed by atoms with E-state index in [1.54, 1.807) is 63.7 Å². The van der Waals surface area contributed by atoms with Gasteiger partial charge in [0.1, 0.15) is 40.0 Å². The molecule has 1 atom stereocenters. The third kappa shape index (κ3) is 12.9. The topological polar surface area (TPSA) is 347 Å². The van der Waals surface area contributed by atoms with E-state index >= 15 is 0 Å². The first-order valence-corrected chi connectivity index (χ1v) is 25.4. The molecule has 1 unspecified atom stereocenters. The maximum atomic E-state index is 14.0. The Balaban J connectivity index is 1.17. The Morgan fingerprint density at radius 2 is 1.24 bits per heavy atom. The van der Waals surface area contributed by atoms with Crippen LogP contribution in [0.1, 0.15) is 99.0 Å². The zero-order chi connectivity index (χ0) is 56.4. The van der Waals surface area contributed by atoms with Gasteiger partial charge in [-0.2, -0.15) is 10.2 Å². The average Bonchev–Trinajstić information content (AvgIpc) is 4.29. The Hall–Kier alpha value is -9.20. The van der Waals surface area contributed by atoms with E-state index < -0.39 is 47.4 Å². The zero-order valence-corrected chi connectivity index (χ0v) is 44.3. The van der Waals surface area contributed by atoms with Crippen molar-refractivity contribution >= 4 is 81.2 Å². The SMILES string of the molecule is CCn1nc(C)cc1C(=O)Nc1nc2cc(C(N)=O)cc(OC)c2n1CC=CCn1c(NC(=O)c2cc(C)nn2CC)nc2cc(C(N)=O)cc(OCCCN(C)C(=O)C(CCCCN)NC(=O)CCN3C(=O)C=CC3=O)c21. The summed E-state index contributed by atoms with van der Waals surface area (Å²) in [5.41, 5.74) is 20.7. The molecule has 0 radical (unpaired) electrons. The van der Waals surface area contributed by atoms with Crippen LogP contribution in [-0.2, 0) is 45.4 Å². The molecule has 4 aromatic heterocycles. The van der Waals surface area contributed by atoms with Crippen LogP contribution in [0.3, 0.4) is 0 Å². The number of rotatable bonds is 27. The summed E-state index contributed by atoms with van der Waals surface area (Å²) in [6, 6.07) is 8.33. The molecule has 1 aliphatic rings. The van der Waals surface area contributed by atoms with Crippen molar-refractivity contribution in [1.82, 2.24) is 53.8 Å². The third-order valence-corrected chi connectivity index (χ3v) is 12.8. The number of allylic oxidation sites excluding steroid dienone is 2. The Morgan fingerprint density at radius 1 is 0.731 bits per heavy atom. The minimum atomic E-state index is -0.906. The summed E-state index contributed by atoms with van der Waals surface area (Å²) < 4.78 is 18.6. The first-order chi connectivity index (χ1) is 37.3. The molecule has 412 valence electrons. The van der Waals surface area contributed by atoms with Crippen molar-refractivity contribution in [2.24, 2.45) is 17.2 Å². The summed E-state index contributed by atoms with van der Waals surface area (Å²) >= 11 is 0. The van der Waals surface area contributed by atoms with Crippen LogP contribution in [0.15, 0.2) is 60.7 Å². The van der Waals surface area contributed by atoms with Gasteiger partial charge < -0.3 is 46.0 Å². The number of nitrogens with one attached hydrogen (secondary N) is 3. The summed E-state index contributed by atoms with van der Waals surface area (Å²) in [5.74, 6) is -3.71. The average molecular weight is 1070 g/mol. The molecule has 6 aromatic rings. The molecule has 26 nitrogen and oxygen atoms in total. The van der Waals surface area contributed by atoms with Crippen molar-refractivity contribution in [2.45, 2.75) is 92.0 Å². The number of likely N-dealkylation sites (N-methyl/N-ethyl adjacent to an activating group) is 1. The van der Waals surface area contributed by atoms with Gasteiger partial charge in [-0.15, -0.1) is 0 Å². The number of aryl methyl sites for hydroxylation is 4. The van der Waals surface area contributed by atoms with E-state index in [1.807, 2.05) is 13.8 Å². The fourth-order valence-corrected chi connectivity index (χ4v) is 8.93. The number of hydrogen-bond donors (Lipinski definition) is 6. The molecule has 9 N–H and O–H groups in total. The number of fused-ring (bicyclic) bond motifs is 2. The molecular weight excluding hydrogens is 1010 g/mol. The lowest BCUT2D eigenvalue weighted by molar-refractivity contribution is -0.138. The van der Waals surface area contributed by atoms with E-state index in [-0.39, 0.29) is 97.3 Å². The highest BCUT2D eigenvalue weighted by molar-refractivity contribution is 6.13. The van der Waals surface area contributed by atoms with Gasteiger partial charge in [-0.1, -0.05) is 12.2 Å². The number of nitrogens with two attached hydrogens (primary N) is 3. The lowest BCUT2D eigenvalue weighted by atomic mass is 10.1. The van der Waals surface area contributed by atoms with Crippen molar-refractivity contribution in [3.8, 4) is 11.5 Å². The zero-order valence-electron chi connectivity index (χ0n) is 44.3. The first kappa shape index (κ1) is 56.5. The number of methoxy groups -OCH3 is 1. The molecule has 8 amide bonds. The summed E-state index contributed by atoms with van der Waals surface area (Å²) in [6.07, 6.45) is 7.39. The second-order valence-corrected chi connectivity index (χ2v) is 18.3. The maximum absolute atomic E-state index is 14.0. The number of amides is 8. The molecule has 0 fully saturated rings. The number of ether oxygens (including phenoxy) is 2. The molecule has 0 saturated carbocycles. The quantitative estimate of drug-likeness (QED) is 0.0245. The predicted octanol–water partition coefficient (Wildman–Crippen LogP) is 2.56. The minimum Gasteiger partial charge on any atom is -0.494 e. The number of carbonyl (C=O) groups is 8. The minimum absolute atomic E-state index is 0.0167. The molecule has 0 aliphatic carbocycles. The van der Waals surface area contributed by atoms with E-state index in [1.165, 1.54) is 36.3 Å². The van der Waals surface area contributed by atoms with E-state index in [0.717, 1.165) is 17.1 Å². The number of anilines is 2. The van der Waals surface area contributed by atoms with Crippen LogP contribution in [0.5, 0.6) is 11.5 Å². The Morgan fingerprint density at radius 3 is 1.73 bits per heavy atom. The molecule has 78 heavy (non-hydrogen) atoms. The van der Waals surface area contributed by atoms with E-state index in [9.17, 15) is 38.4 Å². The summed E-state index contributed by atoms with van der Waals surface area (Å²) in [6.45, 7) is 8.69. The highest BCUT2D eigenvalue weighted by Gasteiger charge is 2.28. The number of imide groups is 1. The van der Waals surface area contributed by atoms with Crippen molar-refractivity contribution in [2.75, 3.05) is 51.0 Å². The number of imidazole rings is 2. The van der Waals surface area contributed by atoms with Crippen LogP contribution in [0.2, 0.25) is 0 Å². The van der Waals surface area contributed by atoms with Crippen molar-refractivity contribution < 1.29 is 47.8 Å². The van der Waals surface area contributed by atoms with Gasteiger partial charge in [-0.3, -0.25) is 63.3 Å². The molecule has 0 bridgehead atoms. The van der Waals surface area contributed by atoms with E-state index in [2.05, 4.69) is 26.1 Å². The highest BCUT2D eigenvalue weighted by Crippen LogP contribution is 2.33. The van der Waals surface area contributed by atoms with Crippen LogP contribution < -0.4 is 42.6 Å². The van der Waals surface area contributed by atoms with Crippen molar-refractivity contribution in [3.05, 3.63) is 94.6 Å². The lowest BCUT2D eigenvalue weighted by Gasteiger charge is -2.25. The second kappa shape index (κ2) is 25.1. The standard InChI is InChI=1S/C52H64N16O10/c1-7-67-37(24-30(3)61-67)48(74)59-51-57-35-26-32(46(54)72)28-39(77-6)44(35)65(51)20-11-12-21-66-45-36(58-52(66)60-49(75)38-25-31(4)62-68(38)8-2)27-33(47(55)73)29-40(45)78-23-13-19-63(5)50(76)34(14-9-10-18-53)56-41(69)17-22-64-42(70)15-16-43(64)71/h11-12,15-16,24-29,34H,7-10,13-14,17-23,53H2,1-6H3,(H2,54,72)(H2,55,73)(H,56,69)(H,57,59,74)(H,58,60,75). The summed E-state index contributed by atoms with van der Waals surface area (Å²) in [7, 11) is 3.02. The van der Waals surface area contributed by atoms with Gasteiger partial charge in [0.2, 0.25) is 35.5 Å². The van der Waals surface area contributed by atoms with E-state index in [0.29, 0.717) is 72.5 Å². The van der Waals surface area contributed by atoms with Gasteiger partial charge >= 0.3 is 0 Å². The Kier molecular flexibility index (Phi) is 18.2. The van der Waals surface area contributed by atoms with E-state index in [4.69, 9.17) is 36.6 Å². The lowest BCUT2D eigenvalue weighted by Crippen LogP contribution is -2.48. The maximum Gasteiger partial charge on any atom is 0.276 e. The Bertz CT molecular complexity index is 3350. The molecule has 7 rings (SSSR count). The van der Waals surface area contributed by atoms with Crippen LogP contribution in [0.25, 0.3) is 22.1 Å².